The zero-order chi connectivity index (χ0) is 17.5. The molecule has 3 nitrogen and oxygen atoms in total. The summed E-state index contributed by atoms with van der Waals surface area (Å²) in [5.41, 5.74) is 4.83. The minimum Gasteiger partial charge on any atom is -0.378 e. The number of carbonyl (C=O) groups is 1. The largest absolute Gasteiger partial charge is 0.378 e. The van der Waals surface area contributed by atoms with Crippen molar-refractivity contribution in [2.24, 2.45) is 0 Å². The zero-order valence-corrected chi connectivity index (χ0v) is 15.2. The van der Waals surface area contributed by atoms with Crippen LogP contribution in [0.5, 0.6) is 0 Å². The molecule has 2 aromatic carbocycles. The number of hydrogen-bond acceptors (Lipinski definition) is 2. The molecule has 2 aromatic rings. The predicted octanol–water partition coefficient (Wildman–Crippen LogP) is 4.13. The molecule has 0 aromatic heterocycles. The van der Waals surface area contributed by atoms with Crippen molar-refractivity contribution in [1.82, 2.24) is 5.32 Å². The average Bonchev–Trinajstić information content (AvgIpc) is 2.58. The van der Waals surface area contributed by atoms with Gasteiger partial charge < -0.3 is 10.2 Å². The summed E-state index contributed by atoms with van der Waals surface area (Å²) in [6.45, 7) is 4.96. The van der Waals surface area contributed by atoms with Crippen LogP contribution in [0.4, 0.5) is 5.69 Å². The molecule has 2 rings (SSSR count). The molecule has 0 radical (unpaired) electrons. The second-order valence-corrected chi connectivity index (χ2v) is 6.73. The topological polar surface area (TPSA) is 32.3 Å². The van der Waals surface area contributed by atoms with Gasteiger partial charge in [0.1, 0.15) is 0 Å². The Labute approximate surface area is 145 Å². The number of amides is 1. The molecule has 24 heavy (non-hydrogen) atoms. The van der Waals surface area contributed by atoms with Gasteiger partial charge in [-0.1, -0.05) is 50.2 Å². The van der Waals surface area contributed by atoms with E-state index in [0.29, 0.717) is 18.9 Å². The van der Waals surface area contributed by atoms with Crippen LogP contribution in [-0.4, -0.2) is 20.0 Å². The van der Waals surface area contributed by atoms with Crippen molar-refractivity contribution in [2.75, 3.05) is 19.0 Å². The number of nitrogens with one attached hydrogen (secondary N) is 1. The third-order valence-electron chi connectivity index (χ3n) is 4.23. The predicted molar refractivity (Wildman–Crippen MR) is 101 cm³/mol. The van der Waals surface area contributed by atoms with Crippen molar-refractivity contribution < 1.29 is 4.79 Å². The molecular weight excluding hydrogens is 296 g/mol. The Kier molecular flexibility index (Phi) is 6.42. The number of carbonyl (C=O) groups excluding carboxylic acids is 1. The second-order valence-electron chi connectivity index (χ2n) is 6.73. The summed E-state index contributed by atoms with van der Waals surface area (Å²) in [5, 5.41) is 2.99. The highest BCUT2D eigenvalue weighted by Gasteiger charge is 2.04. The Balaban J connectivity index is 1.76. The van der Waals surface area contributed by atoms with Gasteiger partial charge >= 0.3 is 0 Å². The van der Waals surface area contributed by atoms with Crippen LogP contribution < -0.4 is 10.2 Å². The van der Waals surface area contributed by atoms with Gasteiger partial charge in [0, 0.05) is 32.7 Å². The number of nitrogens with zero attached hydrogens (tertiary/aromatic N) is 1. The highest BCUT2D eigenvalue weighted by Crippen LogP contribution is 2.15. The van der Waals surface area contributed by atoms with Gasteiger partial charge in [0.2, 0.25) is 5.91 Å². The Bertz CT molecular complexity index is 585. The summed E-state index contributed by atoms with van der Waals surface area (Å²) in [7, 11) is 4.04. The van der Waals surface area contributed by atoms with E-state index in [1.165, 1.54) is 11.1 Å². The van der Waals surface area contributed by atoms with Gasteiger partial charge in [-0.05, 0) is 41.2 Å². The zero-order valence-electron chi connectivity index (χ0n) is 15.2. The van der Waals surface area contributed by atoms with Crippen molar-refractivity contribution in [3.8, 4) is 0 Å². The van der Waals surface area contributed by atoms with E-state index in [1.54, 1.807) is 0 Å². The first-order chi connectivity index (χ1) is 11.5. The molecule has 0 aliphatic rings. The van der Waals surface area contributed by atoms with Crippen molar-refractivity contribution in [2.45, 2.75) is 39.2 Å². The van der Waals surface area contributed by atoms with Gasteiger partial charge in [-0.2, -0.15) is 0 Å². The third kappa shape index (κ3) is 5.41. The van der Waals surface area contributed by atoms with Gasteiger partial charge in [0.15, 0.2) is 0 Å². The van der Waals surface area contributed by atoms with E-state index >= 15 is 0 Å². The summed E-state index contributed by atoms with van der Waals surface area (Å²) in [6, 6.07) is 16.8. The molecule has 0 aliphatic heterocycles. The average molecular weight is 324 g/mol. The van der Waals surface area contributed by atoms with Gasteiger partial charge in [0.25, 0.3) is 0 Å². The second kappa shape index (κ2) is 8.53. The molecule has 1 amide bonds. The van der Waals surface area contributed by atoms with Crippen LogP contribution in [0.2, 0.25) is 0 Å². The fraction of sp³-hybridized carbons (Fsp3) is 0.381. The summed E-state index contributed by atoms with van der Waals surface area (Å²) in [5.74, 6) is 0.640. The number of hydrogen-bond donors (Lipinski definition) is 1. The first kappa shape index (κ1) is 18.1. The molecule has 0 saturated heterocycles. The van der Waals surface area contributed by atoms with Crippen LogP contribution in [0.1, 0.15) is 42.9 Å². The molecule has 3 heteroatoms. The van der Waals surface area contributed by atoms with E-state index in [4.69, 9.17) is 0 Å². The molecule has 0 saturated carbocycles. The van der Waals surface area contributed by atoms with Crippen LogP contribution >= 0.6 is 0 Å². The summed E-state index contributed by atoms with van der Waals surface area (Å²) < 4.78 is 0. The molecule has 0 spiro atoms. The minimum atomic E-state index is 0.0969. The van der Waals surface area contributed by atoms with Gasteiger partial charge in [-0.25, -0.2) is 0 Å². The van der Waals surface area contributed by atoms with Gasteiger partial charge in [0.05, 0.1) is 0 Å². The molecular formula is C21H28N2O. The lowest BCUT2D eigenvalue weighted by Gasteiger charge is -2.13. The highest BCUT2D eigenvalue weighted by atomic mass is 16.1. The van der Waals surface area contributed by atoms with Gasteiger partial charge in [-0.15, -0.1) is 0 Å². The molecule has 0 fully saturated rings. The van der Waals surface area contributed by atoms with Crippen molar-refractivity contribution >= 4 is 11.6 Å². The maximum absolute atomic E-state index is 12.0. The van der Waals surface area contributed by atoms with Gasteiger partial charge in [-0.3, -0.25) is 4.79 Å². The number of anilines is 1. The summed E-state index contributed by atoms with van der Waals surface area (Å²) in [6.07, 6.45) is 1.31. The van der Waals surface area contributed by atoms with E-state index in [-0.39, 0.29) is 5.91 Å². The first-order valence-electron chi connectivity index (χ1n) is 8.57. The van der Waals surface area contributed by atoms with E-state index in [1.807, 2.05) is 14.1 Å². The SMILES string of the molecule is CC(C)c1ccc(CCC(=O)NCc2ccc(N(C)C)cc2)cc1. The Hall–Kier alpha value is -2.29. The lowest BCUT2D eigenvalue weighted by Crippen LogP contribution is -2.23. The smallest absolute Gasteiger partial charge is 0.220 e. The fourth-order valence-corrected chi connectivity index (χ4v) is 2.53. The van der Waals surface area contributed by atoms with E-state index < -0.39 is 0 Å². The third-order valence-corrected chi connectivity index (χ3v) is 4.23. The lowest BCUT2D eigenvalue weighted by atomic mass is 10.0. The Morgan fingerprint density at radius 3 is 2.08 bits per heavy atom. The van der Waals surface area contributed by atoms with Crippen LogP contribution in [-0.2, 0) is 17.8 Å². The Morgan fingerprint density at radius 2 is 1.54 bits per heavy atom. The van der Waals surface area contributed by atoms with Crippen molar-refractivity contribution in [3.63, 3.8) is 0 Å². The van der Waals surface area contributed by atoms with E-state index in [0.717, 1.165) is 17.7 Å². The number of rotatable bonds is 7. The molecule has 0 aliphatic carbocycles. The minimum absolute atomic E-state index is 0.0969. The van der Waals surface area contributed by atoms with Crippen LogP contribution in [0.25, 0.3) is 0 Å². The maximum Gasteiger partial charge on any atom is 0.220 e. The number of aryl methyl sites for hydroxylation is 1. The van der Waals surface area contributed by atoms with E-state index in [2.05, 4.69) is 72.6 Å². The molecule has 0 heterocycles. The van der Waals surface area contributed by atoms with Crippen LogP contribution in [0, 0.1) is 0 Å². The van der Waals surface area contributed by atoms with Crippen LogP contribution in [0.15, 0.2) is 48.5 Å². The maximum atomic E-state index is 12.0. The highest BCUT2D eigenvalue weighted by molar-refractivity contribution is 5.76. The molecule has 1 N–H and O–H groups in total. The van der Waals surface area contributed by atoms with Crippen molar-refractivity contribution in [3.05, 3.63) is 65.2 Å². The fourth-order valence-electron chi connectivity index (χ4n) is 2.53. The number of benzene rings is 2. The van der Waals surface area contributed by atoms with E-state index in [9.17, 15) is 4.79 Å². The molecule has 0 unspecified atom stereocenters. The monoisotopic (exact) mass is 324 g/mol. The lowest BCUT2D eigenvalue weighted by molar-refractivity contribution is -0.121. The normalized spacial score (nSPS) is 10.7. The molecule has 0 bridgehead atoms. The summed E-state index contributed by atoms with van der Waals surface area (Å²) in [4.78, 5) is 14.1. The molecule has 0 atom stereocenters. The molecule has 128 valence electrons. The quantitative estimate of drug-likeness (QED) is 0.831. The standard InChI is InChI=1S/C21H28N2O/c1-16(2)19-10-5-17(6-11-19)9-14-21(24)22-15-18-7-12-20(13-8-18)23(3)4/h5-8,10-13,16H,9,14-15H2,1-4H3,(H,22,24). The van der Waals surface area contributed by atoms with Crippen molar-refractivity contribution in [1.29, 1.82) is 0 Å². The van der Waals surface area contributed by atoms with Crippen LogP contribution in [0.3, 0.4) is 0 Å². The Morgan fingerprint density at radius 1 is 0.958 bits per heavy atom. The first-order valence-corrected chi connectivity index (χ1v) is 8.57. The summed E-state index contributed by atoms with van der Waals surface area (Å²) >= 11 is 0.